The zero-order valence-electron chi connectivity index (χ0n) is 15.2. The Labute approximate surface area is 163 Å². The van der Waals surface area contributed by atoms with Gasteiger partial charge in [-0.1, -0.05) is 12.1 Å². The van der Waals surface area contributed by atoms with E-state index in [0.717, 1.165) is 6.07 Å². The molecule has 0 radical (unpaired) electrons. The third-order valence-corrected chi connectivity index (χ3v) is 5.36. The number of anilines is 1. The van der Waals surface area contributed by atoms with Crippen molar-refractivity contribution in [3.8, 4) is 0 Å². The van der Waals surface area contributed by atoms with Gasteiger partial charge in [0.05, 0.1) is 17.1 Å². The van der Waals surface area contributed by atoms with E-state index in [1.807, 2.05) is 0 Å². The highest BCUT2D eigenvalue weighted by atomic mass is 19.1. The van der Waals surface area contributed by atoms with Gasteiger partial charge in [-0.3, -0.25) is 19.5 Å². The van der Waals surface area contributed by atoms with Gasteiger partial charge in [0, 0.05) is 11.1 Å². The first-order valence-electron chi connectivity index (χ1n) is 9.01. The minimum absolute atomic E-state index is 0.0151. The summed E-state index contributed by atoms with van der Waals surface area (Å²) in [6.07, 6.45) is 0. The lowest BCUT2D eigenvalue weighted by molar-refractivity contribution is -0.126. The Balaban J connectivity index is 1.79. The molecular weight excluding hydrogens is 380 g/mol. The Morgan fingerprint density at radius 1 is 1.10 bits per heavy atom. The number of amidine groups is 1. The Morgan fingerprint density at radius 3 is 2.55 bits per heavy atom. The van der Waals surface area contributed by atoms with Crippen LogP contribution < -0.4 is 10.9 Å². The van der Waals surface area contributed by atoms with Crippen LogP contribution in [0.15, 0.2) is 46.2 Å². The van der Waals surface area contributed by atoms with Crippen molar-refractivity contribution in [2.75, 3.05) is 11.9 Å². The molecule has 0 aliphatic carbocycles. The molecule has 3 heterocycles. The van der Waals surface area contributed by atoms with E-state index in [1.54, 1.807) is 19.1 Å². The molecule has 7 nitrogen and oxygen atoms in total. The maximum atomic E-state index is 14.2. The number of aliphatic imine (C=N–C) groups is 1. The van der Waals surface area contributed by atoms with Gasteiger partial charge in [-0.15, -0.1) is 0 Å². The lowest BCUT2D eigenvalue weighted by atomic mass is 9.88. The van der Waals surface area contributed by atoms with Crippen molar-refractivity contribution in [2.24, 2.45) is 4.99 Å². The minimum atomic E-state index is -0.656. The third kappa shape index (κ3) is 2.61. The average Bonchev–Trinajstić information content (AvgIpc) is 3.02. The van der Waals surface area contributed by atoms with Crippen LogP contribution in [0.1, 0.15) is 30.3 Å². The van der Waals surface area contributed by atoms with Crippen LogP contribution >= 0.6 is 0 Å². The average molecular weight is 395 g/mol. The molecule has 2 N–H and O–H groups in total. The molecule has 0 spiro atoms. The Bertz CT molecular complexity index is 1250. The van der Waals surface area contributed by atoms with Gasteiger partial charge in [0.15, 0.2) is 0 Å². The molecule has 0 bridgehead atoms. The number of aromatic amines is 1. The summed E-state index contributed by atoms with van der Waals surface area (Å²) < 4.78 is 27.7. The molecule has 2 atom stereocenters. The fourth-order valence-electron chi connectivity index (χ4n) is 4.10. The third-order valence-electron chi connectivity index (χ3n) is 5.36. The molecule has 0 fully saturated rings. The highest BCUT2D eigenvalue weighted by molar-refractivity contribution is 6.05. The molecule has 0 saturated carbocycles. The maximum absolute atomic E-state index is 14.2. The van der Waals surface area contributed by atoms with Crippen molar-refractivity contribution >= 4 is 28.2 Å². The number of benzene rings is 2. The molecule has 2 aliphatic rings. The number of H-pyrrole nitrogens is 1. The number of rotatable bonds is 2. The van der Waals surface area contributed by atoms with Crippen LogP contribution in [0.25, 0.3) is 10.8 Å². The van der Waals surface area contributed by atoms with E-state index in [0.29, 0.717) is 28.2 Å². The summed E-state index contributed by atoms with van der Waals surface area (Å²) in [5, 5.41) is 10.5. The molecule has 146 valence electrons. The van der Waals surface area contributed by atoms with Crippen LogP contribution in [-0.4, -0.2) is 33.4 Å². The predicted octanol–water partition coefficient (Wildman–Crippen LogP) is 2.67. The van der Waals surface area contributed by atoms with Crippen molar-refractivity contribution in [1.29, 1.82) is 0 Å². The summed E-state index contributed by atoms with van der Waals surface area (Å²) in [5.41, 5.74) is 0.969. The molecule has 2 aromatic carbocycles. The van der Waals surface area contributed by atoms with Crippen molar-refractivity contribution in [2.45, 2.75) is 19.0 Å². The first-order valence-corrected chi connectivity index (χ1v) is 9.01. The van der Waals surface area contributed by atoms with E-state index in [1.165, 1.54) is 23.1 Å². The summed E-state index contributed by atoms with van der Waals surface area (Å²) in [7, 11) is 0. The summed E-state index contributed by atoms with van der Waals surface area (Å²) in [6, 6.07) is 7.05. The second-order valence-corrected chi connectivity index (χ2v) is 7.06. The Hall–Kier alpha value is -3.62. The number of nitrogens with one attached hydrogen (secondary N) is 2. The van der Waals surface area contributed by atoms with Gasteiger partial charge in [-0.05, 0) is 36.8 Å². The van der Waals surface area contributed by atoms with E-state index in [4.69, 9.17) is 0 Å². The molecule has 3 aromatic rings. The van der Waals surface area contributed by atoms with E-state index < -0.39 is 29.3 Å². The molecule has 1 aromatic heterocycles. The fourth-order valence-corrected chi connectivity index (χ4v) is 4.10. The summed E-state index contributed by atoms with van der Waals surface area (Å²) >= 11 is 0. The van der Waals surface area contributed by atoms with Gasteiger partial charge < -0.3 is 5.32 Å². The minimum Gasteiger partial charge on any atom is -0.375 e. The second kappa shape index (κ2) is 6.20. The molecule has 2 unspecified atom stereocenters. The van der Waals surface area contributed by atoms with E-state index in [-0.39, 0.29) is 17.8 Å². The van der Waals surface area contributed by atoms with Gasteiger partial charge in [0.25, 0.3) is 5.56 Å². The van der Waals surface area contributed by atoms with Crippen LogP contribution in [0.4, 0.5) is 14.5 Å². The van der Waals surface area contributed by atoms with Gasteiger partial charge in [-0.2, -0.15) is 5.10 Å². The van der Waals surface area contributed by atoms with Crippen LogP contribution in [0.5, 0.6) is 0 Å². The van der Waals surface area contributed by atoms with Crippen molar-refractivity contribution < 1.29 is 13.6 Å². The number of nitrogens with zero attached hydrogens (tertiary/aromatic N) is 3. The molecule has 0 saturated heterocycles. The number of aromatic nitrogens is 2. The van der Waals surface area contributed by atoms with Crippen molar-refractivity contribution in [3.63, 3.8) is 0 Å². The monoisotopic (exact) mass is 395 g/mol. The van der Waals surface area contributed by atoms with Crippen molar-refractivity contribution in [1.82, 2.24) is 15.1 Å². The topological polar surface area (TPSA) is 90.5 Å². The molecule has 5 rings (SSSR count). The van der Waals surface area contributed by atoms with Crippen molar-refractivity contribution in [3.05, 3.63) is 69.6 Å². The first-order chi connectivity index (χ1) is 13.9. The van der Waals surface area contributed by atoms with Crippen LogP contribution in [0, 0.1) is 11.6 Å². The zero-order chi connectivity index (χ0) is 20.3. The Kier molecular flexibility index (Phi) is 3.73. The standard InChI is InChI=1S/C20H15F2N5O2/c1-9-23-8-15(28)27(9)19-17(10-2-4-11(21)5-3-10)24-14-7-12(22)6-13-16(14)18(19)25-26-20(13)29/h2-7,17,19,24H,8H2,1H3,(H,26,29). The van der Waals surface area contributed by atoms with Gasteiger partial charge in [0.1, 0.15) is 30.1 Å². The zero-order valence-corrected chi connectivity index (χ0v) is 15.2. The number of carbonyl (C=O) groups excluding carboxylic acids is 1. The summed E-state index contributed by atoms with van der Waals surface area (Å²) in [6.45, 7) is 1.73. The summed E-state index contributed by atoms with van der Waals surface area (Å²) in [5.74, 6) is -0.671. The van der Waals surface area contributed by atoms with Crippen LogP contribution in [0.3, 0.4) is 0 Å². The van der Waals surface area contributed by atoms with E-state index in [2.05, 4.69) is 20.5 Å². The van der Waals surface area contributed by atoms with Crippen LogP contribution in [0.2, 0.25) is 0 Å². The van der Waals surface area contributed by atoms with E-state index >= 15 is 0 Å². The molecule has 2 aliphatic heterocycles. The number of hydrogen-bond donors (Lipinski definition) is 2. The fraction of sp³-hybridized carbons (Fsp3) is 0.200. The molecular formula is C20H15F2N5O2. The predicted molar refractivity (Wildman–Crippen MR) is 103 cm³/mol. The van der Waals surface area contributed by atoms with E-state index in [9.17, 15) is 18.4 Å². The second-order valence-electron chi connectivity index (χ2n) is 7.06. The Morgan fingerprint density at radius 2 is 1.86 bits per heavy atom. The largest absolute Gasteiger partial charge is 0.375 e. The lowest BCUT2D eigenvalue weighted by Crippen LogP contribution is -2.42. The highest BCUT2D eigenvalue weighted by Gasteiger charge is 2.42. The SMILES string of the molecule is CC1=NCC(=O)N1C1c2n[nH]c(=O)c3cc(F)cc(c23)NC1c1ccc(F)cc1. The van der Waals surface area contributed by atoms with Crippen LogP contribution in [-0.2, 0) is 4.79 Å². The maximum Gasteiger partial charge on any atom is 0.272 e. The van der Waals surface area contributed by atoms with Gasteiger partial charge in [0.2, 0.25) is 5.91 Å². The first kappa shape index (κ1) is 17.5. The molecule has 9 heteroatoms. The number of carbonyl (C=O) groups is 1. The lowest BCUT2D eigenvalue weighted by Gasteiger charge is -2.39. The molecule has 29 heavy (non-hydrogen) atoms. The molecule has 1 amide bonds. The number of amides is 1. The summed E-state index contributed by atoms with van der Waals surface area (Å²) in [4.78, 5) is 30.6. The van der Waals surface area contributed by atoms with Gasteiger partial charge >= 0.3 is 0 Å². The highest BCUT2D eigenvalue weighted by Crippen LogP contribution is 2.45. The number of hydrogen-bond acceptors (Lipinski definition) is 5. The quantitative estimate of drug-likeness (QED) is 0.698. The normalized spacial score (nSPS) is 20.7. The number of halogens is 2. The smallest absolute Gasteiger partial charge is 0.272 e. The van der Waals surface area contributed by atoms with Gasteiger partial charge in [-0.25, -0.2) is 13.9 Å².